The predicted octanol–water partition coefficient (Wildman–Crippen LogP) is 0.124. The van der Waals surface area contributed by atoms with Crippen molar-refractivity contribution in [2.24, 2.45) is 0 Å². The van der Waals surface area contributed by atoms with Crippen molar-refractivity contribution in [3.05, 3.63) is 0 Å². The van der Waals surface area contributed by atoms with Gasteiger partial charge in [0.15, 0.2) is 5.50 Å². The third-order valence-electron chi connectivity index (χ3n) is 2.20. The summed E-state index contributed by atoms with van der Waals surface area (Å²) in [6.07, 6.45) is -3.91. The molecule has 1 unspecified atom stereocenters. The Balaban J connectivity index is 0. The molecule has 18 heavy (non-hydrogen) atoms. The van der Waals surface area contributed by atoms with E-state index in [0.29, 0.717) is 19.3 Å². The summed E-state index contributed by atoms with van der Waals surface area (Å²) in [6.45, 7) is 0. The van der Waals surface area contributed by atoms with Crippen LogP contribution in [0.3, 0.4) is 0 Å². The van der Waals surface area contributed by atoms with Gasteiger partial charge in [0.2, 0.25) is 0 Å². The van der Waals surface area contributed by atoms with E-state index in [2.05, 4.69) is 0 Å². The Morgan fingerprint density at radius 3 is 1.89 bits per heavy atom. The molecule has 0 amide bonds. The van der Waals surface area contributed by atoms with Crippen molar-refractivity contribution < 1.29 is 60.1 Å². The number of rotatable bonds is 8. The molecule has 0 bridgehead atoms. The van der Waals surface area contributed by atoms with Crippen LogP contribution >= 0.6 is 0 Å². The predicted molar refractivity (Wildman–Crippen MR) is 53.0 cm³/mol. The monoisotopic (exact) mass is 302 g/mol. The summed E-state index contributed by atoms with van der Waals surface area (Å²) < 4.78 is 78.2. The van der Waals surface area contributed by atoms with E-state index in [-0.39, 0.29) is 48.8 Å². The first-order valence-corrected chi connectivity index (χ1v) is 6.75. The Morgan fingerprint density at radius 1 is 1.00 bits per heavy atom. The number of unbranched alkanes of at least 4 members (excludes halogenated alkanes) is 4. The van der Waals surface area contributed by atoms with Gasteiger partial charge in [-0.25, -0.2) is 12.8 Å². The molecule has 0 N–H and O–H groups in total. The van der Waals surface area contributed by atoms with E-state index in [0.717, 1.165) is 0 Å². The van der Waals surface area contributed by atoms with E-state index in [9.17, 15) is 30.5 Å². The van der Waals surface area contributed by atoms with Gasteiger partial charge in [-0.2, -0.15) is 13.2 Å². The molecule has 9 heteroatoms. The van der Waals surface area contributed by atoms with E-state index in [1.165, 1.54) is 0 Å². The fourth-order valence-electron chi connectivity index (χ4n) is 1.30. The van der Waals surface area contributed by atoms with Crippen LogP contribution in [0.5, 0.6) is 0 Å². The maximum Gasteiger partial charge on any atom is 1.00 e. The first kappa shape index (κ1) is 20.9. The summed E-state index contributed by atoms with van der Waals surface area (Å²) in [4.78, 5) is 0. The van der Waals surface area contributed by atoms with Crippen LogP contribution in [0.4, 0.5) is 17.6 Å². The van der Waals surface area contributed by atoms with Crippen molar-refractivity contribution in [2.75, 3.05) is 0 Å². The number of alkyl halides is 4. The van der Waals surface area contributed by atoms with E-state index in [1.54, 1.807) is 0 Å². The molecule has 0 radical (unpaired) electrons. The molecule has 0 aliphatic carbocycles. The van der Waals surface area contributed by atoms with Crippen LogP contribution < -0.4 is 29.6 Å². The molecule has 0 saturated heterocycles. The topological polar surface area (TPSA) is 57.2 Å². The van der Waals surface area contributed by atoms with Crippen molar-refractivity contribution in [3.63, 3.8) is 0 Å². The molecule has 0 fully saturated rings. The molecule has 0 aliphatic rings. The minimum atomic E-state index is -4.89. The van der Waals surface area contributed by atoms with Gasteiger partial charge in [-0.1, -0.05) is 19.3 Å². The van der Waals surface area contributed by atoms with Crippen LogP contribution in [-0.4, -0.2) is 24.7 Å². The minimum absolute atomic E-state index is 0. The van der Waals surface area contributed by atoms with E-state index in [1.807, 2.05) is 0 Å². The average Bonchev–Trinajstić information content (AvgIpc) is 2.12. The molecule has 0 aromatic heterocycles. The number of hydrogen-bond acceptors (Lipinski definition) is 3. The van der Waals surface area contributed by atoms with Gasteiger partial charge in [-0.05, 0) is 19.3 Å². The third kappa shape index (κ3) is 13.1. The van der Waals surface area contributed by atoms with Crippen molar-refractivity contribution in [2.45, 2.75) is 56.6 Å². The van der Waals surface area contributed by atoms with Gasteiger partial charge in [0.1, 0.15) is 10.1 Å². The van der Waals surface area contributed by atoms with Gasteiger partial charge >= 0.3 is 35.7 Å². The van der Waals surface area contributed by atoms with E-state index in [4.69, 9.17) is 0 Å². The van der Waals surface area contributed by atoms with Crippen LogP contribution in [-0.2, 0) is 10.1 Å². The molecular formula is C9H15F4NaO3S. The fraction of sp³-hybridized carbons (Fsp3) is 1.00. The standard InChI is InChI=1S/C9H16F4O3S.Na/c10-8(17(14,15)16)6-4-2-1-3-5-7-9(11,12)13;/h8H,1-7H2,(H,14,15,16);/q;+1/p-1. The Bertz CT molecular complexity index is 305. The van der Waals surface area contributed by atoms with Crippen LogP contribution in [0.25, 0.3) is 0 Å². The van der Waals surface area contributed by atoms with Gasteiger partial charge in [-0.3, -0.25) is 0 Å². The molecule has 3 nitrogen and oxygen atoms in total. The summed E-state index contributed by atoms with van der Waals surface area (Å²) in [5.74, 6) is 0. The zero-order valence-electron chi connectivity index (χ0n) is 10.2. The molecule has 104 valence electrons. The van der Waals surface area contributed by atoms with Crippen molar-refractivity contribution in [3.8, 4) is 0 Å². The number of hydrogen-bond donors (Lipinski definition) is 0. The molecule has 0 aromatic rings. The molecule has 0 spiro atoms. The second-order valence-corrected chi connectivity index (χ2v) is 5.32. The zero-order chi connectivity index (χ0) is 13.5. The van der Waals surface area contributed by atoms with Gasteiger partial charge < -0.3 is 4.55 Å². The van der Waals surface area contributed by atoms with Crippen LogP contribution in [0.15, 0.2) is 0 Å². The molecule has 0 saturated carbocycles. The molecule has 1 atom stereocenters. The Labute approximate surface area is 126 Å². The second kappa shape index (κ2) is 9.52. The van der Waals surface area contributed by atoms with E-state index < -0.39 is 28.2 Å². The van der Waals surface area contributed by atoms with Crippen molar-refractivity contribution in [1.29, 1.82) is 0 Å². The van der Waals surface area contributed by atoms with Gasteiger partial charge in [0, 0.05) is 6.42 Å². The first-order valence-electron chi connectivity index (χ1n) is 5.28. The Morgan fingerprint density at radius 2 is 1.44 bits per heavy atom. The SMILES string of the molecule is O=S(=O)([O-])C(F)CCCCCCCC(F)(F)F.[Na+]. The summed E-state index contributed by atoms with van der Waals surface area (Å²) in [5.41, 5.74) is -2.40. The fourth-order valence-corrected chi connectivity index (χ4v) is 1.76. The van der Waals surface area contributed by atoms with Crippen LogP contribution in [0.1, 0.15) is 44.9 Å². The van der Waals surface area contributed by atoms with Gasteiger partial charge in [-0.15, -0.1) is 0 Å². The molecule has 0 heterocycles. The normalized spacial score (nSPS) is 14.1. The van der Waals surface area contributed by atoms with Gasteiger partial charge in [0.25, 0.3) is 0 Å². The van der Waals surface area contributed by atoms with Crippen molar-refractivity contribution in [1.82, 2.24) is 0 Å². The smallest absolute Gasteiger partial charge is 0.746 e. The quantitative estimate of drug-likeness (QED) is 0.277. The first-order chi connectivity index (χ1) is 7.63. The third-order valence-corrected chi connectivity index (χ3v) is 3.07. The van der Waals surface area contributed by atoms with Crippen molar-refractivity contribution >= 4 is 10.1 Å². The maximum absolute atomic E-state index is 12.6. The molecule has 0 aliphatic heterocycles. The molecule has 0 aromatic carbocycles. The van der Waals surface area contributed by atoms with Crippen LogP contribution in [0.2, 0.25) is 0 Å². The number of halogens is 4. The van der Waals surface area contributed by atoms with Crippen LogP contribution in [0, 0.1) is 0 Å². The maximum atomic E-state index is 12.6. The summed E-state index contributed by atoms with van der Waals surface area (Å²) in [6, 6.07) is 0. The minimum Gasteiger partial charge on any atom is -0.746 e. The zero-order valence-corrected chi connectivity index (χ0v) is 13.0. The summed E-state index contributed by atoms with van der Waals surface area (Å²) in [7, 11) is -4.89. The average molecular weight is 302 g/mol. The molecular weight excluding hydrogens is 287 g/mol. The summed E-state index contributed by atoms with van der Waals surface area (Å²) in [5, 5.41) is 0. The summed E-state index contributed by atoms with van der Waals surface area (Å²) >= 11 is 0. The molecule has 0 rings (SSSR count). The largest absolute Gasteiger partial charge is 1.00 e. The second-order valence-electron chi connectivity index (χ2n) is 3.82. The van der Waals surface area contributed by atoms with Gasteiger partial charge in [0.05, 0.1) is 0 Å². The Hall–Kier alpha value is 0.630. The Kier molecular flexibility index (Phi) is 11.1. The van der Waals surface area contributed by atoms with E-state index >= 15 is 0 Å².